The Labute approximate surface area is 258 Å². The van der Waals surface area contributed by atoms with Gasteiger partial charge in [-0.1, -0.05) is 0 Å². The van der Waals surface area contributed by atoms with Crippen LogP contribution >= 0.6 is 0 Å². The van der Waals surface area contributed by atoms with Crippen molar-refractivity contribution in [3.63, 3.8) is 0 Å². The Bertz CT molecular complexity index is 553. The Kier molecular flexibility index (Phi) is 25.9. The molecule has 2 unspecified atom stereocenters. The quantitative estimate of drug-likeness (QED) is 0.345. The van der Waals surface area contributed by atoms with Gasteiger partial charge >= 0.3 is 0 Å². The Morgan fingerprint density at radius 2 is 0.605 bits per heavy atom. The van der Waals surface area contributed by atoms with Crippen molar-refractivity contribution in [2.75, 3.05) is 191 Å². The minimum Gasteiger partial charge on any atom is -0.395 e. The molecule has 256 valence electrons. The van der Waals surface area contributed by atoms with Crippen LogP contribution in [-0.2, 0) is 37.9 Å². The minimum absolute atomic E-state index is 0.0939. The van der Waals surface area contributed by atoms with Crippen LogP contribution in [0.25, 0.3) is 0 Å². The Morgan fingerprint density at radius 3 is 0.953 bits per heavy atom. The van der Waals surface area contributed by atoms with Crippen molar-refractivity contribution in [3.8, 4) is 0 Å². The van der Waals surface area contributed by atoms with Gasteiger partial charge in [-0.3, -0.25) is 19.6 Å². The maximum absolute atomic E-state index is 9.45. The first-order chi connectivity index (χ1) is 21.3. The molecule has 0 spiro atoms. The van der Waals surface area contributed by atoms with E-state index in [9.17, 15) is 10.2 Å². The normalized spacial score (nSPS) is 27.2. The number of ether oxygens (including phenoxy) is 8. The molecule has 0 aromatic heterocycles. The van der Waals surface area contributed by atoms with Crippen LogP contribution in [0.4, 0.5) is 0 Å². The minimum atomic E-state index is 0.0939. The van der Waals surface area contributed by atoms with E-state index in [-0.39, 0.29) is 13.2 Å². The molecule has 2 bridgehead atoms. The first-order valence-corrected chi connectivity index (χ1v) is 16.0. The standard InChI is InChI=1S/C29H60N4O10/c34-12-1-30-3-14-36-16-7-32-8-19-40-25-26-42-22-11-33(29-43-28-27-41-20-9-32)10-21-37-15-4-31(2-13-35)6-18-39-24-23-38-17-5-30/h34-35H,1-29H2. The molecule has 14 heteroatoms. The summed E-state index contributed by atoms with van der Waals surface area (Å²) in [5.74, 6) is 0. The van der Waals surface area contributed by atoms with Gasteiger partial charge in [0.15, 0.2) is 0 Å². The van der Waals surface area contributed by atoms with E-state index in [0.717, 1.165) is 58.9 Å². The van der Waals surface area contributed by atoms with Gasteiger partial charge in [-0.05, 0) is 0 Å². The number of fused-ring (bicyclic) bond motifs is 8. The monoisotopic (exact) mass is 624 g/mol. The second kappa shape index (κ2) is 28.9. The largest absolute Gasteiger partial charge is 0.395 e. The van der Waals surface area contributed by atoms with E-state index in [4.69, 9.17) is 37.9 Å². The summed E-state index contributed by atoms with van der Waals surface area (Å²) in [5.41, 5.74) is 0. The van der Waals surface area contributed by atoms with Gasteiger partial charge in [-0.25, -0.2) is 0 Å². The summed E-state index contributed by atoms with van der Waals surface area (Å²) in [4.78, 5) is 8.76. The second-order valence-electron chi connectivity index (χ2n) is 10.4. The van der Waals surface area contributed by atoms with E-state index in [0.29, 0.717) is 119 Å². The molecule has 2 atom stereocenters. The van der Waals surface area contributed by atoms with E-state index in [2.05, 4.69) is 19.6 Å². The van der Waals surface area contributed by atoms with Gasteiger partial charge in [0.2, 0.25) is 0 Å². The molecule has 0 aromatic rings. The SMILES string of the molecule is OCCN1CCOCCOCCN(CCO)CCOCCN2CCOCCOCCN(CCOCCOC2)CCOCC1. The van der Waals surface area contributed by atoms with Crippen LogP contribution < -0.4 is 0 Å². The molecule has 0 aromatic carbocycles. The summed E-state index contributed by atoms with van der Waals surface area (Å²) in [5, 5.41) is 18.9. The molecule has 2 rings (SSSR count). The molecule has 2 N–H and O–H groups in total. The lowest BCUT2D eigenvalue weighted by molar-refractivity contribution is -0.0289. The third-order valence-corrected chi connectivity index (χ3v) is 7.19. The molecule has 2 saturated heterocycles. The highest BCUT2D eigenvalue weighted by atomic mass is 16.5. The number of hydrogen-bond acceptors (Lipinski definition) is 14. The van der Waals surface area contributed by atoms with Crippen molar-refractivity contribution in [1.29, 1.82) is 0 Å². The summed E-state index contributed by atoms with van der Waals surface area (Å²) >= 11 is 0. The molecule has 2 heterocycles. The van der Waals surface area contributed by atoms with Crippen LogP contribution in [-0.4, -0.2) is 221 Å². The molecule has 0 amide bonds. The molecule has 14 nitrogen and oxygen atoms in total. The highest BCUT2D eigenvalue weighted by molar-refractivity contribution is 4.61. The Balaban J connectivity index is 1.89. The summed E-state index contributed by atoms with van der Waals surface area (Å²) in [6.45, 7) is 17.1. The van der Waals surface area contributed by atoms with Crippen molar-refractivity contribution in [3.05, 3.63) is 0 Å². The lowest BCUT2D eigenvalue weighted by Crippen LogP contribution is -2.36. The predicted octanol–water partition coefficient (Wildman–Crippen LogP) is -1.70. The molecule has 2 aliphatic rings. The van der Waals surface area contributed by atoms with E-state index in [1.54, 1.807) is 0 Å². The van der Waals surface area contributed by atoms with Crippen molar-refractivity contribution in [2.45, 2.75) is 0 Å². The Morgan fingerprint density at radius 1 is 0.326 bits per heavy atom. The smallest absolute Gasteiger partial charge is 0.0992 e. The average molecular weight is 625 g/mol. The van der Waals surface area contributed by atoms with Crippen molar-refractivity contribution in [1.82, 2.24) is 19.6 Å². The lowest BCUT2D eigenvalue weighted by Gasteiger charge is -2.23. The van der Waals surface area contributed by atoms with Crippen LogP contribution in [0.15, 0.2) is 0 Å². The molecule has 43 heavy (non-hydrogen) atoms. The predicted molar refractivity (Wildman–Crippen MR) is 162 cm³/mol. The van der Waals surface area contributed by atoms with E-state index >= 15 is 0 Å². The second-order valence-corrected chi connectivity index (χ2v) is 10.4. The van der Waals surface area contributed by atoms with Crippen LogP contribution in [0.2, 0.25) is 0 Å². The molecular formula is C29H60N4O10. The fourth-order valence-corrected chi connectivity index (χ4v) is 4.53. The number of rotatable bonds is 4. The van der Waals surface area contributed by atoms with Crippen molar-refractivity contribution < 1.29 is 48.1 Å². The molecular weight excluding hydrogens is 564 g/mol. The zero-order valence-corrected chi connectivity index (χ0v) is 26.5. The first-order valence-electron chi connectivity index (χ1n) is 16.0. The van der Waals surface area contributed by atoms with Gasteiger partial charge in [0.25, 0.3) is 0 Å². The molecule has 0 saturated carbocycles. The van der Waals surface area contributed by atoms with Crippen LogP contribution in [0.1, 0.15) is 0 Å². The molecule has 0 radical (unpaired) electrons. The van der Waals surface area contributed by atoms with E-state index in [1.807, 2.05) is 0 Å². The van der Waals surface area contributed by atoms with Crippen LogP contribution in [0.5, 0.6) is 0 Å². The fraction of sp³-hybridized carbons (Fsp3) is 1.00. The number of aliphatic hydroxyl groups is 2. The number of nitrogens with zero attached hydrogens (tertiary/aromatic N) is 4. The highest BCUT2D eigenvalue weighted by Gasteiger charge is 2.10. The van der Waals surface area contributed by atoms with Gasteiger partial charge < -0.3 is 48.1 Å². The summed E-state index contributed by atoms with van der Waals surface area (Å²) < 4.78 is 46.7. The van der Waals surface area contributed by atoms with Gasteiger partial charge in [0.05, 0.1) is 119 Å². The number of aliphatic hydroxyl groups excluding tert-OH is 2. The summed E-state index contributed by atoms with van der Waals surface area (Å²) in [6, 6.07) is 0. The summed E-state index contributed by atoms with van der Waals surface area (Å²) in [7, 11) is 0. The van der Waals surface area contributed by atoms with E-state index in [1.165, 1.54) is 0 Å². The third kappa shape index (κ3) is 22.6. The highest BCUT2D eigenvalue weighted by Crippen LogP contribution is 1.97. The van der Waals surface area contributed by atoms with Gasteiger partial charge in [-0.2, -0.15) is 0 Å². The molecule has 2 fully saturated rings. The topological polar surface area (TPSA) is 127 Å². The lowest BCUT2D eigenvalue weighted by atomic mass is 10.4. The van der Waals surface area contributed by atoms with Crippen molar-refractivity contribution >= 4 is 0 Å². The maximum Gasteiger partial charge on any atom is 0.0992 e. The van der Waals surface area contributed by atoms with Crippen LogP contribution in [0, 0.1) is 0 Å². The van der Waals surface area contributed by atoms with Crippen molar-refractivity contribution in [2.24, 2.45) is 0 Å². The zero-order valence-electron chi connectivity index (χ0n) is 26.5. The van der Waals surface area contributed by atoms with Gasteiger partial charge in [0, 0.05) is 72.0 Å². The maximum atomic E-state index is 9.45. The van der Waals surface area contributed by atoms with Gasteiger partial charge in [-0.15, -0.1) is 0 Å². The first kappa shape index (κ1) is 38.6. The van der Waals surface area contributed by atoms with Gasteiger partial charge in [0.1, 0.15) is 0 Å². The fourth-order valence-electron chi connectivity index (χ4n) is 4.53. The van der Waals surface area contributed by atoms with E-state index < -0.39 is 0 Å². The Hall–Kier alpha value is -0.560. The number of hydrogen-bond donors (Lipinski definition) is 2. The van der Waals surface area contributed by atoms with Crippen LogP contribution in [0.3, 0.4) is 0 Å². The third-order valence-electron chi connectivity index (χ3n) is 7.19. The summed E-state index contributed by atoms with van der Waals surface area (Å²) in [6.07, 6.45) is 0. The average Bonchev–Trinajstić information content (AvgIpc) is 3.01. The number of β-amino-alcohol motifs (C(OH)–C–C–N with tert-alkyl or cyclic N) is 2. The molecule has 0 aliphatic carbocycles. The molecule has 2 aliphatic heterocycles. The zero-order chi connectivity index (χ0) is 30.5.